The van der Waals surface area contributed by atoms with E-state index in [1.807, 2.05) is 20.8 Å². The largest absolute Gasteiger partial charge is 0.444 e. The third-order valence-corrected chi connectivity index (χ3v) is 10.4. The molecule has 8 heteroatoms. The first-order chi connectivity index (χ1) is 23.2. The molecule has 1 amide bonds. The lowest BCUT2D eigenvalue weighted by molar-refractivity contribution is 0.0412. The Morgan fingerprint density at radius 3 is 2.29 bits per heavy atom. The van der Waals surface area contributed by atoms with Gasteiger partial charge in [-0.25, -0.2) is 14.8 Å². The Morgan fingerprint density at radius 2 is 1.56 bits per heavy atom. The highest BCUT2D eigenvalue weighted by Gasteiger charge is 2.39. The average Bonchev–Trinajstić information content (AvgIpc) is 3.83. The van der Waals surface area contributed by atoms with Gasteiger partial charge in [0.2, 0.25) is 0 Å². The number of nitrogens with one attached hydrogen (secondary N) is 4. The van der Waals surface area contributed by atoms with Gasteiger partial charge in [-0.3, -0.25) is 0 Å². The number of hydrogen-bond acceptors (Lipinski definition) is 5. The molecule has 2 aromatic heterocycles. The molecule has 1 saturated carbocycles. The molecule has 4 N–H and O–H groups in total. The van der Waals surface area contributed by atoms with E-state index in [0.29, 0.717) is 6.04 Å². The Bertz CT molecular complexity index is 1950. The molecule has 0 bridgehead atoms. The van der Waals surface area contributed by atoms with E-state index in [9.17, 15) is 4.79 Å². The van der Waals surface area contributed by atoms with Crippen molar-refractivity contribution in [2.75, 3.05) is 6.54 Å². The van der Waals surface area contributed by atoms with E-state index in [-0.39, 0.29) is 0 Å². The fraction of sp³-hybridized carbons (Fsp3) is 0.425. The van der Waals surface area contributed by atoms with Crippen LogP contribution >= 0.6 is 0 Å². The fourth-order valence-corrected chi connectivity index (χ4v) is 7.93. The Balaban J connectivity index is 1.03. The zero-order valence-corrected chi connectivity index (χ0v) is 28.3. The summed E-state index contributed by atoms with van der Waals surface area (Å²) in [6.45, 7) is 6.75. The number of aryl methyl sites for hydroxylation is 2. The SMILES string of the molecule is CC(C)(C)OC(=O)NC1(c2nc3ccc(-c4ccc(-c5ccc6c(c5)CCCc5[nH]c([C@@H]7CCCN7)nc5-6)cc4)cc3[nH]2)CCCCC1. The van der Waals surface area contributed by atoms with E-state index in [1.165, 1.54) is 34.4 Å². The van der Waals surface area contributed by atoms with E-state index < -0.39 is 17.2 Å². The molecule has 1 saturated heterocycles. The highest BCUT2D eigenvalue weighted by atomic mass is 16.6. The van der Waals surface area contributed by atoms with E-state index >= 15 is 0 Å². The summed E-state index contributed by atoms with van der Waals surface area (Å²) >= 11 is 0. The number of H-pyrrole nitrogens is 2. The lowest BCUT2D eigenvalue weighted by Crippen LogP contribution is -2.49. The number of carbonyl (C=O) groups is 1. The Labute approximate surface area is 282 Å². The van der Waals surface area contributed by atoms with Crippen molar-refractivity contribution in [2.24, 2.45) is 0 Å². The van der Waals surface area contributed by atoms with Gasteiger partial charge in [-0.1, -0.05) is 67.8 Å². The molecule has 8 rings (SSSR count). The first-order valence-electron chi connectivity index (χ1n) is 17.8. The number of benzene rings is 3. The van der Waals surface area contributed by atoms with Gasteiger partial charge < -0.3 is 25.3 Å². The van der Waals surface area contributed by atoms with Crippen LogP contribution < -0.4 is 10.6 Å². The molecule has 48 heavy (non-hydrogen) atoms. The number of aromatic nitrogens is 4. The molecule has 0 spiro atoms. The molecule has 5 aromatic rings. The van der Waals surface area contributed by atoms with Crippen molar-refractivity contribution in [1.29, 1.82) is 0 Å². The number of nitrogens with zero attached hydrogens (tertiary/aromatic N) is 2. The van der Waals surface area contributed by atoms with Crippen LogP contribution in [0.3, 0.4) is 0 Å². The number of ether oxygens (including phenoxy) is 1. The third-order valence-electron chi connectivity index (χ3n) is 10.4. The number of alkyl carbamates (subject to hydrolysis) is 1. The van der Waals surface area contributed by atoms with Crippen LogP contribution in [0.5, 0.6) is 0 Å². The van der Waals surface area contributed by atoms with Crippen molar-refractivity contribution < 1.29 is 9.53 Å². The van der Waals surface area contributed by atoms with E-state index in [1.54, 1.807) is 0 Å². The van der Waals surface area contributed by atoms with Crippen LogP contribution in [-0.2, 0) is 23.1 Å². The molecule has 1 aliphatic heterocycles. The van der Waals surface area contributed by atoms with Crippen LogP contribution in [0.15, 0.2) is 60.7 Å². The Hall–Kier alpha value is -4.43. The quantitative estimate of drug-likeness (QED) is 0.153. The molecular formula is C40H46N6O2. The number of imidazole rings is 2. The van der Waals surface area contributed by atoms with Crippen LogP contribution in [0, 0.1) is 0 Å². The summed E-state index contributed by atoms with van der Waals surface area (Å²) in [5.74, 6) is 1.91. The normalized spacial score (nSPS) is 19.0. The van der Waals surface area contributed by atoms with Gasteiger partial charge in [0.1, 0.15) is 22.8 Å². The summed E-state index contributed by atoms with van der Waals surface area (Å²) in [6, 6.07) is 22.5. The van der Waals surface area contributed by atoms with Gasteiger partial charge >= 0.3 is 6.09 Å². The van der Waals surface area contributed by atoms with Crippen molar-refractivity contribution in [1.82, 2.24) is 30.6 Å². The molecule has 2 fully saturated rings. The first kappa shape index (κ1) is 30.9. The maximum Gasteiger partial charge on any atom is 0.408 e. The van der Waals surface area contributed by atoms with Crippen molar-refractivity contribution in [3.05, 3.63) is 83.6 Å². The molecule has 3 aromatic carbocycles. The molecule has 0 unspecified atom stereocenters. The average molecular weight is 643 g/mol. The summed E-state index contributed by atoms with van der Waals surface area (Å²) in [7, 11) is 0. The first-order valence-corrected chi connectivity index (χ1v) is 17.8. The summed E-state index contributed by atoms with van der Waals surface area (Å²) in [5, 5.41) is 6.80. The standard InChI is InChI=1S/C40H46N6O2/c1-39(2,3)48-38(47)46-40(20-5-4-6-21-40)37-43-31-19-17-28(24-34(31)44-37)26-14-12-25(13-15-26)27-16-18-30-29(23-27)9-7-10-32-35(30)45-36(42-32)33-11-8-22-41-33/h12-19,23-24,33,41H,4-11,20-22H2,1-3H3,(H,42,45)(H,43,44)(H,46,47)/t33-/m0/s1. The van der Waals surface area contributed by atoms with Crippen LogP contribution in [0.1, 0.15) is 101 Å². The monoisotopic (exact) mass is 642 g/mol. The minimum absolute atomic E-state index is 0.351. The smallest absolute Gasteiger partial charge is 0.408 e. The predicted molar refractivity (Wildman–Crippen MR) is 191 cm³/mol. The third kappa shape index (κ3) is 6.02. The van der Waals surface area contributed by atoms with Crippen molar-refractivity contribution in [3.8, 4) is 33.5 Å². The highest BCUT2D eigenvalue weighted by molar-refractivity contribution is 5.83. The summed E-state index contributed by atoms with van der Waals surface area (Å²) in [5.41, 5.74) is 10.6. The predicted octanol–water partition coefficient (Wildman–Crippen LogP) is 8.88. The molecule has 3 heterocycles. The van der Waals surface area contributed by atoms with Gasteiger partial charge in [0.05, 0.1) is 22.8 Å². The molecule has 8 nitrogen and oxygen atoms in total. The number of rotatable bonds is 5. The van der Waals surface area contributed by atoms with Crippen LogP contribution in [0.2, 0.25) is 0 Å². The second kappa shape index (κ2) is 12.2. The van der Waals surface area contributed by atoms with Crippen LogP contribution in [-0.4, -0.2) is 38.2 Å². The highest BCUT2D eigenvalue weighted by Crippen LogP contribution is 2.39. The summed E-state index contributed by atoms with van der Waals surface area (Å²) < 4.78 is 5.65. The lowest BCUT2D eigenvalue weighted by Gasteiger charge is -2.36. The molecule has 248 valence electrons. The van der Waals surface area contributed by atoms with Gasteiger partial charge in [-0.05, 0) is 112 Å². The number of hydrogen-bond donors (Lipinski definition) is 4. The minimum atomic E-state index is -0.557. The second-order valence-electron chi connectivity index (χ2n) is 15.0. The minimum Gasteiger partial charge on any atom is -0.444 e. The van der Waals surface area contributed by atoms with Crippen molar-refractivity contribution >= 4 is 17.1 Å². The molecule has 3 aliphatic rings. The summed E-state index contributed by atoms with van der Waals surface area (Å²) in [4.78, 5) is 30.2. The lowest BCUT2D eigenvalue weighted by atomic mass is 9.81. The maximum atomic E-state index is 12.9. The molecule has 1 atom stereocenters. The van der Waals surface area contributed by atoms with Gasteiger partial charge in [0.15, 0.2) is 0 Å². The van der Waals surface area contributed by atoms with Crippen molar-refractivity contribution in [2.45, 2.75) is 102 Å². The second-order valence-corrected chi connectivity index (χ2v) is 15.0. The van der Waals surface area contributed by atoms with Gasteiger partial charge in [-0.2, -0.15) is 0 Å². The van der Waals surface area contributed by atoms with Gasteiger partial charge in [-0.15, -0.1) is 0 Å². The zero-order chi connectivity index (χ0) is 32.9. The van der Waals surface area contributed by atoms with Gasteiger partial charge in [0.25, 0.3) is 0 Å². The van der Waals surface area contributed by atoms with Crippen molar-refractivity contribution in [3.63, 3.8) is 0 Å². The molecular weight excluding hydrogens is 596 g/mol. The molecule has 0 radical (unpaired) electrons. The number of carbonyl (C=O) groups excluding carboxylic acids is 1. The van der Waals surface area contributed by atoms with E-state index in [0.717, 1.165) is 104 Å². The van der Waals surface area contributed by atoms with Crippen LogP contribution in [0.25, 0.3) is 44.5 Å². The maximum absolute atomic E-state index is 12.9. The Kier molecular flexibility index (Phi) is 7.86. The van der Waals surface area contributed by atoms with E-state index in [2.05, 4.69) is 81.3 Å². The topological polar surface area (TPSA) is 108 Å². The van der Waals surface area contributed by atoms with Crippen LogP contribution in [0.4, 0.5) is 4.79 Å². The number of amides is 1. The fourth-order valence-electron chi connectivity index (χ4n) is 7.93. The van der Waals surface area contributed by atoms with E-state index in [4.69, 9.17) is 14.7 Å². The van der Waals surface area contributed by atoms with Gasteiger partial charge in [0, 0.05) is 11.3 Å². The number of fused-ring (bicyclic) bond motifs is 4. The summed E-state index contributed by atoms with van der Waals surface area (Å²) in [6.07, 6.45) is 10.1. The number of aromatic amines is 2. The molecule has 2 aliphatic carbocycles. The zero-order valence-electron chi connectivity index (χ0n) is 28.3. The Morgan fingerprint density at radius 1 is 0.833 bits per heavy atom.